The van der Waals surface area contributed by atoms with Gasteiger partial charge < -0.3 is 20.6 Å². The van der Waals surface area contributed by atoms with Crippen LogP contribution in [-0.2, 0) is 33.4 Å². The molecular weight excluding hydrogens is 556 g/mol. The van der Waals surface area contributed by atoms with Gasteiger partial charge in [0.15, 0.2) is 5.75 Å². The number of carboxylic acids is 1. The van der Waals surface area contributed by atoms with E-state index in [0.717, 1.165) is 18.3 Å². The van der Waals surface area contributed by atoms with Crippen molar-refractivity contribution in [2.24, 2.45) is 5.73 Å². The number of nitrogens with two attached hydrogens (primary N) is 1. The van der Waals surface area contributed by atoms with Crippen molar-refractivity contribution in [3.63, 3.8) is 0 Å². The number of carbonyl (C=O) groups is 1. The number of ether oxygens (including phenoxy) is 1. The molecule has 0 saturated heterocycles. The van der Waals surface area contributed by atoms with E-state index in [1.54, 1.807) is 0 Å². The van der Waals surface area contributed by atoms with Crippen molar-refractivity contribution in [2.45, 2.75) is 34.6 Å². The van der Waals surface area contributed by atoms with Crippen LogP contribution in [0.1, 0.15) is 16.7 Å². The highest BCUT2D eigenvalue weighted by Crippen LogP contribution is 2.47. The Morgan fingerprint density at radius 2 is 1.59 bits per heavy atom. The Bertz CT molecular complexity index is 1620. The van der Waals surface area contributed by atoms with Crippen LogP contribution in [0.25, 0.3) is 10.9 Å². The molecule has 206 valence electrons. The number of aromatic amines is 1. The fourth-order valence-corrected chi connectivity index (χ4v) is 5.21. The molecule has 1 atom stereocenters. The van der Waals surface area contributed by atoms with Crippen LogP contribution in [0.5, 0.6) is 11.5 Å². The van der Waals surface area contributed by atoms with E-state index in [9.17, 15) is 39.6 Å². The van der Waals surface area contributed by atoms with Crippen LogP contribution >= 0.6 is 0 Å². The van der Waals surface area contributed by atoms with Gasteiger partial charge in [0, 0.05) is 29.5 Å². The van der Waals surface area contributed by atoms with Crippen LogP contribution in [-0.4, -0.2) is 35.5 Å². The zero-order valence-corrected chi connectivity index (χ0v) is 20.2. The summed E-state index contributed by atoms with van der Waals surface area (Å²) >= 11 is 0. The number of nitrogens with zero attached hydrogens (tertiary/aromatic N) is 1. The first-order valence-corrected chi connectivity index (χ1v) is 12.3. The number of alkyl halides is 6. The predicted octanol–water partition coefficient (Wildman–Crippen LogP) is 5.18. The lowest BCUT2D eigenvalue weighted by molar-refractivity contribution is -0.145. The second kappa shape index (κ2) is 9.89. The summed E-state index contributed by atoms with van der Waals surface area (Å²) in [6.45, 7) is 0. The van der Waals surface area contributed by atoms with Crippen LogP contribution in [0.4, 0.5) is 26.3 Å². The largest absolute Gasteiger partial charge is 0.480 e. The van der Waals surface area contributed by atoms with Crippen molar-refractivity contribution < 1.29 is 49.4 Å². The van der Waals surface area contributed by atoms with Crippen LogP contribution < -0.4 is 10.5 Å². The number of aromatic nitrogens is 2. The lowest BCUT2D eigenvalue weighted by Crippen LogP contribution is -2.32. The van der Waals surface area contributed by atoms with Gasteiger partial charge in [0.2, 0.25) is 9.84 Å². The topological polar surface area (TPSA) is 135 Å². The van der Waals surface area contributed by atoms with Gasteiger partial charge in [0.25, 0.3) is 0 Å². The highest BCUT2D eigenvalue weighted by atomic mass is 32.2. The first kappa shape index (κ1) is 27.9. The van der Waals surface area contributed by atoms with Crippen molar-refractivity contribution in [1.82, 2.24) is 9.97 Å². The maximum atomic E-state index is 13.9. The van der Waals surface area contributed by atoms with E-state index >= 15 is 0 Å². The SMILES string of the molecule is N[C@@H](Cc1cc(C(F)(F)F)c(Oc2ccc3[nH]cc(S(=O)(=O)c4ccncc4)c3c2)c(C(F)(F)F)c1)C(=O)O. The van der Waals surface area contributed by atoms with Gasteiger partial charge in [-0.05, 0) is 54.4 Å². The predicted molar refractivity (Wildman–Crippen MR) is 124 cm³/mol. The number of H-pyrrole nitrogens is 1. The van der Waals surface area contributed by atoms with E-state index in [4.69, 9.17) is 15.6 Å². The maximum Gasteiger partial charge on any atom is 0.420 e. The minimum atomic E-state index is -5.34. The van der Waals surface area contributed by atoms with Crippen molar-refractivity contribution in [2.75, 3.05) is 0 Å². The third kappa shape index (κ3) is 5.68. The van der Waals surface area contributed by atoms with Crippen LogP contribution in [0, 0.1) is 0 Å². The summed E-state index contributed by atoms with van der Waals surface area (Å²) in [5.74, 6) is -3.72. The van der Waals surface area contributed by atoms with Gasteiger partial charge >= 0.3 is 18.3 Å². The minimum Gasteiger partial charge on any atom is -0.480 e. The lowest BCUT2D eigenvalue weighted by Gasteiger charge is -2.21. The molecule has 0 saturated carbocycles. The number of hydrogen-bond donors (Lipinski definition) is 3. The summed E-state index contributed by atoms with van der Waals surface area (Å²) in [7, 11) is -4.15. The molecule has 0 aliphatic carbocycles. The fourth-order valence-electron chi connectivity index (χ4n) is 3.80. The van der Waals surface area contributed by atoms with E-state index in [2.05, 4.69) is 9.97 Å². The standard InChI is InChI=1S/C24H17F6N3O5S/c25-23(26,27)16-7-12(9-18(31)22(34)35)8-17(24(28,29)30)21(16)38-13-1-2-19-15(10-13)20(11-33-19)39(36,37)14-3-5-32-6-4-14/h1-8,10-11,18,33H,9,31H2,(H,34,35)/t18-/m0/s1. The molecule has 0 unspecified atom stereocenters. The Balaban J connectivity index is 1.86. The zero-order chi connectivity index (χ0) is 28.8. The number of carboxylic acid groups (broad SMARTS) is 1. The molecule has 0 spiro atoms. The number of benzene rings is 2. The first-order chi connectivity index (χ1) is 18.1. The van der Waals surface area contributed by atoms with E-state index in [0.29, 0.717) is 12.1 Å². The number of pyridine rings is 1. The quantitative estimate of drug-likeness (QED) is 0.259. The van der Waals surface area contributed by atoms with E-state index in [-0.39, 0.29) is 20.7 Å². The minimum absolute atomic E-state index is 0.0459. The van der Waals surface area contributed by atoms with Gasteiger partial charge in [-0.25, -0.2) is 8.42 Å². The number of sulfone groups is 1. The number of nitrogens with one attached hydrogen (secondary N) is 1. The number of fused-ring (bicyclic) bond motifs is 1. The van der Waals surface area contributed by atoms with Crippen molar-refractivity contribution >= 4 is 26.7 Å². The zero-order valence-electron chi connectivity index (χ0n) is 19.3. The molecule has 4 rings (SSSR count). The summed E-state index contributed by atoms with van der Waals surface area (Å²) in [5, 5.41) is 8.88. The Labute approximate surface area is 216 Å². The first-order valence-electron chi connectivity index (χ1n) is 10.8. The summed E-state index contributed by atoms with van der Waals surface area (Å²) in [4.78, 5) is 17.0. The van der Waals surface area contributed by atoms with E-state index in [1.807, 2.05) is 0 Å². The van der Waals surface area contributed by atoms with E-state index in [1.165, 1.54) is 30.6 Å². The molecule has 15 heteroatoms. The van der Waals surface area contributed by atoms with Crippen molar-refractivity contribution in [3.05, 3.63) is 77.7 Å². The normalized spacial score (nSPS) is 13.4. The molecule has 4 aromatic rings. The van der Waals surface area contributed by atoms with Crippen molar-refractivity contribution in [3.8, 4) is 11.5 Å². The van der Waals surface area contributed by atoms with Crippen LogP contribution in [0.3, 0.4) is 0 Å². The Morgan fingerprint density at radius 1 is 1.00 bits per heavy atom. The molecule has 0 aliphatic heterocycles. The second-order valence-electron chi connectivity index (χ2n) is 8.31. The van der Waals surface area contributed by atoms with Gasteiger partial charge in [-0.3, -0.25) is 9.78 Å². The summed E-state index contributed by atoms with van der Waals surface area (Å²) < 4.78 is 115. The van der Waals surface area contributed by atoms with Gasteiger partial charge in [-0.2, -0.15) is 26.3 Å². The fraction of sp³-hybridized carbons (Fsp3) is 0.167. The van der Waals surface area contributed by atoms with Gasteiger partial charge in [-0.15, -0.1) is 0 Å². The molecule has 0 aliphatic rings. The van der Waals surface area contributed by atoms with Crippen molar-refractivity contribution in [1.29, 1.82) is 0 Å². The van der Waals surface area contributed by atoms with Gasteiger partial charge in [-0.1, -0.05) is 0 Å². The van der Waals surface area contributed by atoms with Gasteiger partial charge in [0.1, 0.15) is 11.8 Å². The number of hydrogen-bond acceptors (Lipinski definition) is 6. The van der Waals surface area contributed by atoms with Crippen LogP contribution in [0.15, 0.2) is 70.8 Å². The molecule has 4 N–H and O–H groups in total. The molecular formula is C24H17F6N3O5S. The number of aliphatic carboxylic acids is 1. The van der Waals surface area contributed by atoms with Crippen LogP contribution in [0.2, 0.25) is 0 Å². The molecule has 8 nitrogen and oxygen atoms in total. The Hall–Kier alpha value is -4.11. The summed E-state index contributed by atoms with van der Waals surface area (Å²) in [6, 6.07) is 4.65. The maximum absolute atomic E-state index is 13.9. The summed E-state index contributed by atoms with van der Waals surface area (Å²) in [5.41, 5.74) is 1.28. The Kier molecular flexibility index (Phi) is 7.08. The third-order valence-electron chi connectivity index (χ3n) is 5.62. The molecule has 39 heavy (non-hydrogen) atoms. The molecule has 2 heterocycles. The summed E-state index contributed by atoms with van der Waals surface area (Å²) in [6.07, 6.45) is -7.89. The highest BCUT2D eigenvalue weighted by Gasteiger charge is 2.43. The monoisotopic (exact) mass is 573 g/mol. The molecule has 0 radical (unpaired) electrons. The van der Waals surface area contributed by atoms with Gasteiger partial charge in [0.05, 0.1) is 20.9 Å². The average molecular weight is 573 g/mol. The molecule has 2 aromatic heterocycles. The third-order valence-corrected chi connectivity index (χ3v) is 7.43. The second-order valence-corrected chi connectivity index (χ2v) is 10.2. The molecule has 0 bridgehead atoms. The Morgan fingerprint density at radius 3 is 2.13 bits per heavy atom. The molecule has 2 aromatic carbocycles. The molecule has 0 fully saturated rings. The molecule has 0 amide bonds. The highest BCUT2D eigenvalue weighted by molar-refractivity contribution is 7.91. The lowest BCUT2D eigenvalue weighted by atomic mass is 9.98. The smallest absolute Gasteiger partial charge is 0.420 e. The number of rotatable bonds is 7. The average Bonchev–Trinajstić information content (AvgIpc) is 3.28. The number of halogens is 6. The van der Waals surface area contributed by atoms with E-state index < -0.39 is 68.8 Å².